The second-order valence-corrected chi connectivity index (χ2v) is 5.90. The number of carboxylic acid groups (broad SMARTS) is 1. The molecule has 144 valence electrons. The summed E-state index contributed by atoms with van der Waals surface area (Å²) < 4.78 is 11.1. The fourth-order valence-electron chi connectivity index (χ4n) is 2.31. The molecule has 0 saturated heterocycles. The summed E-state index contributed by atoms with van der Waals surface area (Å²) in [5, 5.41) is 11.6. The summed E-state index contributed by atoms with van der Waals surface area (Å²) in [5.74, 6) is -0.399. The molecule has 27 heavy (non-hydrogen) atoms. The van der Waals surface area contributed by atoms with Crippen LogP contribution in [0.3, 0.4) is 0 Å². The molecule has 8 heteroatoms. The molecule has 8 nitrogen and oxygen atoms in total. The van der Waals surface area contributed by atoms with Crippen LogP contribution < -0.4 is 14.8 Å². The van der Waals surface area contributed by atoms with Crippen molar-refractivity contribution in [2.75, 3.05) is 13.7 Å². The quantitative estimate of drug-likeness (QED) is 0.650. The van der Waals surface area contributed by atoms with Crippen LogP contribution in [0.1, 0.15) is 59.3 Å². The number of ether oxygens (including phenoxy) is 2. The molecule has 1 atom stereocenters. The molecule has 1 heterocycles. The summed E-state index contributed by atoms with van der Waals surface area (Å²) in [7, 11) is 1.56. The van der Waals surface area contributed by atoms with Gasteiger partial charge in [0.05, 0.1) is 32.2 Å². The number of carbonyl (C=O) groups excluding carboxylic acids is 1. The molecule has 0 bridgehead atoms. The van der Waals surface area contributed by atoms with E-state index in [0.717, 1.165) is 30.8 Å². The van der Waals surface area contributed by atoms with E-state index in [-0.39, 0.29) is 17.4 Å². The van der Waals surface area contributed by atoms with E-state index < -0.39 is 11.9 Å². The van der Waals surface area contributed by atoms with Crippen LogP contribution in [-0.2, 0) is 0 Å². The Morgan fingerprint density at radius 2 is 1.89 bits per heavy atom. The summed E-state index contributed by atoms with van der Waals surface area (Å²) in [5.41, 5.74) is 0.652. The van der Waals surface area contributed by atoms with E-state index in [0.29, 0.717) is 18.1 Å². The predicted molar refractivity (Wildman–Crippen MR) is 98.3 cm³/mol. The Kier molecular flexibility index (Phi) is 7.10. The van der Waals surface area contributed by atoms with Gasteiger partial charge in [0.1, 0.15) is 5.69 Å². The van der Waals surface area contributed by atoms with Gasteiger partial charge in [0.15, 0.2) is 17.2 Å². The topological polar surface area (TPSA) is 111 Å². The number of carbonyl (C=O) groups is 2. The number of hydrogen-bond donors (Lipinski definition) is 2. The summed E-state index contributed by atoms with van der Waals surface area (Å²) >= 11 is 0. The van der Waals surface area contributed by atoms with Gasteiger partial charge in [-0.1, -0.05) is 19.4 Å². The highest BCUT2D eigenvalue weighted by Crippen LogP contribution is 2.30. The first-order valence-electron chi connectivity index (χ1n) is 8.63. The number of benzene rings is 1. The second-order valence-electron chi connectivity index (χ2n) is 5.90. The maximum absolute atomic E-state index is 12.3. The number of aromatic nitrogens is 2. The molecule has 0 spiro atoms. The van der Waals surface area contributed by atoms with E-state index in [9.17, 15) is 9.59 Å². The van der Waals surface area contributed by atoms with E-state index in [1.165, 1.54) is 0 Å². The summed E-state index contributed by atoms with van der Waals surface area (Å²) in [6.45, 7) is 4.53. The number of carboxylic acids is 1. The monoisotopic (exact) mass is 373 g/mol. The van der Waals surface area contributed by atoms with Gasteiger partial charge < -0.3 is 19.9 Å². The number of hydrogen-bond acceptors (Lipinski definition) is 6. The van der Waals surface area contributed by atoms with Crippen molar-refractivity contribution in [3.63, 3.8) is 0 Å². The normalized spacial score (nSPS) is 11.5. The zero-order valence-electron chi connectivity index (χ0n) is 15.6. The lowest BCUT2D eigenvalue weighted by Crippen LogP contribution is -2.27. The highest BCUT2D eigenvalue weighted by molar-refractivity contribution is 5.93. The number of rotatable bonds is 9. The van der Waals surface area contributed by atoms with E-state index in [1.807, 2.05) is 25.1 Å². The molecule has 2 aromatic rings. The van der Waals surface area contributed by atoms with Crippen molar-refractivity contribution in [2.45, 2.75) is 32.7 Å². The van der Waals surface area contributed by atoms with E-state index in [2.05, 4.69) is 22.2 Å². The van der Waals surface area contributed by atoms with Crippen molar-refractivity contribution in [3.8, 4) is 11.5 Å². The van der Waals surface area contributed by atoms with Gasteiger partial charge >= 0.3 is 5.97 Å². The van der Waals surface area contributed by atoms with Gasteiger partial charge in [-0.15, -0.1) is 0 Å². The van der Waals surface area contributed by atoms with E-state index in [4.69, 9.17) is 14.6 Å². The highest BCUT2D eigenvalue weighted by atomic mass is 16.5. The van der Waals surface area contributed by atoms with Gasteiger partial charge in [-0.3, -0.25) is 4.79 Å². The third kappa shape index (κ3) is 5.40. The molecule has 0 aliphatic heterocycles. The van der Waals surface area contributed by atoms with Crippen molar-refractivity contribution < 1.29 is 24.2 Å². The molecule has 2 N–H and O–H groups in total. The number of aromatic carboxylic acids is 1. The standard InChI is InChI=1S/C19H23N3O5/c1-4-5-8-27-16-7-6-13(9-17(16)26-3)12(2)22-18(23)14-10-21-15(11-20-14)19(24)25/h6-7,9-12H,4-5,8H2,1-3H3,(H,22,23)(H,24,25). The lowest BCUT2D eigenvalue weighted by Gasteiger charge is -2.17. The number of nitrogens with zero attached hydrogens (tertiary/aromatic N) is 2. The summed E-state index contributed by atoms with van der Waals surface area (Å²) in [6.07, 6.45) is 4.18. The Labute approximate surface area is 157 Å². The van der Waals surface area contributed by atoms with Crippen LogP contribution in [-0.4, -0.2) is 40.7 Å². The van der Waals surface area contributed by atoms with Crippen LogP contribution >= 0.6 is 0 Å². The average molecular weight is 373 g/mol. The lowest BCUT2D eigenvalue weighted by molar-refractivity contribution is 0.0689. The van der Waals surface area contributed by atoms with Gasteiger partial charge in [-0.2, -0.15) is 0 Å². The van der Waals surface area contributed by atoms with Crippen LogP contribution in [0.25, 0.3) is 0 Å². The minimum absolute atomic E-state index is 0.0401. The number of methoxy groups -OCH3 is 1. The van der Waals surface area contributed by atoms with Crippen molar-refractivity contribution >= 4 is 11.9 Å². The van der Waals surface area contributed by atoms with E-state index in [1.54, 1.807) is 7.11 Å². The van der Waals surface area contributed by atoms with Crippen molar-refractivity contribution in [2.24, 2.45) is 0 Å². The molecule has 1 unspecified atom stereocenters. The maximum atomic E-state index is 12.3. The first-order chi connectivity index (χ1) is 13.0. The SMILES string of the molecule is CCCCOc1ccc(C(C)NC(=O)c2cnc(C(=O)O)cn2)cc1OC. The minimum atomic E-state index is -1.20. The number of unbranched alkanes of at least 4 members (excludes halogenated alkanes) is 1. The summed E-state index contributed by atoms with van der Waals surface area (Å²) in [6, 6.07) is 5.16. The van der Waals surface area contributed by atoms with Crippen LogP contribution in [0.4, 0.5) is 0 Å². The first kappa shape index (κ1) is 20.2. The minimum Gasteiger partial charge on any atom is -0.493 e. The molecule has 1 aromatic carbocycles. The second kappa shape index (κ2) is 9.51. The Morgan fingerprint density at radius 3 is 2.48 bits per heavy atom. The van der Waals surface area contributed by atoms with Gasteiger partial charge in [-0.05, 0) is 31.0 Å². The maximum Gasteiger partial charge on any atom is 0.356 e. The highest BCUT2D eigenvalue weighted by Gasteiger charge is 2.16. The Hall–Kier alpha value is -3.16. The fourth-order valence-corrected chi connectivity index (χ4v) is 2.31. The third-order valence-corrected chi connectivity index (χ3v) is 3.89. The lowest BCUT2D eigenvalue weighted by atomic mass is 10.1. The molecule has 0 saturated carbocycles. The largest absolute Gasteiger partial charge is 0.493 e. The van der Waals surface area contributed by atoms with Crippen molar-refractivity contribution in [1.82, 2.24) is 15.3 Å². The van der Waals surface area contributed by atoms with Crippen molar-refractivity contribution in [3.05, 3.63) is 47.5 Å². The molecular formula is C19H23N3O5. The van der Waals surface area contributed by atoms with Gasteiger partial charge in [0, 0.05) is 0 Å². The number of nitrogens with one attached hydrogen (secondary N) is 1. The Morgan fingerprint density at radius 1 is 1.19 bits per heavy atom. The smallest absolute Gasteiger partial charge is 0.356 e. The Bertz CT molecular complexity index is 792. The molecule has 2 rings (SSSR count). The number of amides is 1. The van der Waals surface area contributed by atoms with Crippen LogP contribution in [0.2, 0.25) is 0 Å². The third-order valence-electron chi connectivity index (χ3n) is 3.89. The summed E-state index contributed by atoms with van der Waals surface area (Å²) in [4.78, 5) is 30.6. The van der Waals surface area contributed by atoms with Crippen LogP contribution in [0.5, 0.6) is 11.5 Å². The fraction of sp³-hybridized carbons (Fsp3) is 0.368. The predicted octanol–water partition coefficient (Wildman–Crippen LogP) is 2.85. The molecule has 0 radical (unpaired) electrons. The van der Waals surface area contributed by atoms with Crippen LogP contribution in [0, 0.1) is 0 Å². The van der Waals surface area contributed by atoms with E-state index >= 15 is 0 Å². The molecule has 1 amide bonds. The Balaban J connectivity index is 2.06. The molecule has 0 fully saturated rings. The first-order valence-corrected chi connectivity index (χ1v) is 8.63. The molecular weight excluding hydrogens is 350 g/mol. The molecule has 0 aliphatic rings. The zero-order valence-corrected chi connectivity index (χ0v) is 15.6. The van der Waals surface area contributed by atoms with Crippen LogP contribution in [0.15, 0.2) is 30.6 Å². The van der Waals surface area contributed by atoms with Gasteiger partial charge in [-0.25, -0.2) is 14.8 Å². The van der Waals surface area contributed by atoms with Gasteiger partial charge in [0.25, 0.3) is 5.91 Å². The molecule has 0 aliphatic carbocycles. The molecule has 1 aromatic heterocycles. The van der Waals surface area contributed by atoms with Gasteiger partial charge in [0.2, 0.25) is 0 Å². The zero-order chi connectivity index (χ0) is 19.8. The average Bonchev–Trinajstić information content (AvgIpc) is 2.68. The van der Waals surface area contributed by atoms with Crippen molar-refractivity contribution in [1.29, 1.82) is 0 Å².